The van der Waals surface area contributed by atoms with E-state index in [4.69, 9.17) is 0 Å². The fourth-order valence-corrected chi connectivity index (χ4v) is 2.77. The van der Waals surface area contributed by atoms with Gasteiger partial charge in [0, 0.05) is 10.8 Å². The van der Waals surface area contributed by atoms with Crippen molar-refractivity contribution in [2.45, 2.75) is 53.4 Å². The summed E-state index contributed by atoms with van der Waals surface area (Å²) in [6.07, 6.45) is 4.22. The van der Waals surface area contributed by atoms with Crippen LogP contribution in [0.1, 0.15) is 53.4 Å². The van der Waals surface area contributed by atoms with E-state index in [0.29, 0.717) is 5.78 Å². The second-order valence-corrected chi connectivity index (χ2v) is 5.86. The number of ketones is 1. The normalized spacial score (nSPS) is 21.3. The first-order valence-corrected chi connectivity index (χ1v) is 6.18. The fourth-order valence-electron chi connectivity index (χ4n) is 2.77. The smallest absolute Gasteiger partial charge is 0.144 e. The first-order chi connectivity index (χ1) is 6.92. The zero-order valence-corrected chi connectivity index (χ0v) is 10.7. The Kier molecular flexibility index (Phi) is 3.93. The second kappa shape index (κ2) is 4.65. The van der Waals surface area contributed by atoms with Crippen molar-refractivity contribution >= 4 is 5.78 Å². The molecule has 2 heteroatoms. The first-order valence-electron chi connectivity index (χ1n) is 6.18. The van der Waals surface area contributed by atoms with Crippen LogP contribution in [0.5, 0.6) is 0 Å². The maximum atomic E-state index is 12.5. The highest BCUT2D eigenvalue weighted by molar-refractivity contribution is 5.89. The van der Waals surface area contributed by atoms with Crippen LogP contribution in [0.25, 0.3) is 0 Å². The van der Waals surface area contributed by atoms with Crippen LogP contribution in [0.4, 0.5) is 0 Å². The van der Waals surface area contributed by atoms with Crippen molar-refractivity contribution in [1.82, 2.24) is 5.32 Å². The van der Waals surface area contributed by atoms with Crippen molar-refractivity contribution in [2.24, 2.45) is 10.8 Å². The van der Waals surface area contributed by atoms with Gasteiger partial charge in [0.1, 0.15) is 5.78 Å². The summed E-state index contributed by atoms with van der Waals surface area (Å²) in [5.74, 6) is 0.471. The molecule has 1 N–H and O–H groups in total. The minimum absolute atomic E-state index is 0.0295. The first kappa shape index (κ1) is 12.7. The van der Waals surface area contributed by atoms with Crippen LogP contribution < -0.4 is 5.32 Å². The van der Waals surface area contributed by atoms with Crippen LogP contribution in [-0.4, -0.2) is 18.9 Å². The summed E-state index contributed by atoms with van der Waals surface area (Å²) in [4.78, 5) is 12.5. The minimum atomic E-state index is -0.188. The molecule has 1 saturated heterocycles. The molecule has 1 fully saturated rings. The highest BCUT2D eigenvalue weighted by Crippen LogP contribution is 2.40. The van der Waals surface area contributed by atoms with Crippen LogP contribution in [0.15, 0.2) is 0 Å². The molecule has 0 spiro atoms. The summed E-state index contributed by atoms with van der Waals surface area (Å²) in [6, 6.07) is 0. The lowest BCUT2D eigenvalue weighted by Gasteiger charge is -2.40. The summed E-state index contributed by atoms with van der Waals surface area (Å²) < 4.78 is 0. The Bertz CT molecular complexity index is 216. The van der Waals surface area contributed by atoms with Gasteiger partial charge in [0.15, 0.2) is 0 Å². The molecule has 1 aliphatic heterocycles. The molecule has 0 radical (unpaired) electrons. The molecule has 0 saturated carbocycles. The molecule has 1 aliphatic rings. The zero-order chi connectivity index (χ0) is 11.5. The van der Waals surface area contributed by atoms with Crippen molar-refractivity contribution < 1.29 is 4.79 Å². The molecule has 1 rings (SSSR count). The Labute approximate surface area is 93.8 Å². The third kappa shape index (κ3) is 2.81. The Morgan fingerprint density at radius 2 is 1.80 bits per heavy atom. The molecule has 1 heterocycles. The molecule has 0 aromatic rings. The molecular formula is C13H25NO. The average Bonchev–Trinajstić information content (AvgIpc) is 2.17. The number of carbonyl (C=O) groups excluding carboxylic acids is 1. The van der Waals surface area contributed by atoms with Crippen molar-refractivity contribution in [3.05, 3.63) is 0 Å². The van der Waals surface area contributed by atoms with Crippen LogP contribution in [0.2, 0.25) is 0 Å². The number of hydrogen-bond acceptors (Lipinski definition) is 2. The summed E-state index contributed by atoms with van der Waals surface area (Å²) >= 11 is 0. The number of piperidine rings is 1. The van der Waals surface area contributed by atoms with E-state index >= 15 is 0 Å². The largest absolute Gasteiger partial charge is 0.317 e. The van der Waals surface area contributed by atoms with Gasteiger partial charge < -0.3 is 5.32 Å². The van der Waals surface area contributed by atoms with E-state index in [2.05, 4.69) is 33.0 Å². The second-order valence-electron chi connectivity index (χ2n) is 5.86. The Morgan fingerprint density at radius 3 is 2.20 bits per heavy atom. The molecule has 0 aromatic heterocycles. The lowest BCUT2D eigenvalue weighted by molar-refractivity contribution is -0.139. The fraction of sp³-hybridized carbons (Fsp3) is 0.923. The van der Waals surface area contributed by atoms with Crippen molar-refractivity contribution in [2.75, 3.05) is 13.1 Å². The molecule has 0 aliphatic carbocycles. The third-order valence-electron chi connectivity index (χ3n) is 3.45. The van der Waals surface area contributed by atoms with E-state index in [1.54, 1.807) is 0 Å². The van der Waals surface area contributed by atoms with E-state index in [1.165, 1.54) is 0 Å². The van der Waals surface area contributed by atoms with Gasteiger partial charge in [0.2, 0.25) is 0 Å². The third-order valence-corrected chi connectivity index (χ3v) is 3.45. The predicted molar refractivity (Wildman–Crippen MR) is 63.9 cm³/mol. The molecule has 88 valence electrons. The Morgan fingerprint density at radius 1 is 1.27 bits per heavy atom. The van der Waals surface area contributed by atoms with Gasteiger partial charge in [-0.05, 0) is 32.4 Å². The molecule has 0 aromatic carbocycles. The highest BCUT2D eigenvalue weighted by atomic mass is 16.1. The number of nitrogens with one attached hydrogen (secondary N) is 1. The summed E-state index contributed by atoms with van der Waals surface area (Å²) in [5.41, 5.74) is -0.217. The van der Waals surface area contributed by atoms with Crippen LogP contribution in [-0.2, 0) is 4.79 Å². The number of rotatable bonds is 3. The average molecular weight is 211 g/mol. The van der Waals surface area contributed by atoms with Gasteiger partial charge in [-0.25, -0.2) is 0 Å². The van der Waals surface area contributed by atoms with Gasteiger partial charge in [-0.15, -0.1) is 0 Å². The van der Waals surface area contributed by atoms with E-state index in [1.807, 2.05) is 0 Å². The minimum Gasteiger partial charge on any atom is -0.317 e. The lowest BCUT2D eigenvalue weighted by Crippen LogP contribution is -2.46. The lowest BCUT2D eigenvalue weighted by atomic mass is 9.65. The maximum Gasteiger partial charge on any atom is 0.144 e. The SMILES string of the molecule is CCCC1(C(=O)C(C)(C)C)CCNCC1. The van der Waals surface area contributed by atoms with Crippen LogP contribution in [0, 0.1) is 10.8 Å². The molecule has 2 nitrogen and oxygen atoms in total. The monoisotopic (exact) mass is 211 g/mol. The summed E-state index contributed by atoms with van der Waals surface area (Å²) in [7, 11) is 0. The zero-order valence-electron chi connectivity index (χ0n) is 10.7. The predicted octanol–water partition coefficient (Wildman–Crippen LogP) is 2.77. The summed E-state index contributed by atoms with van der Waals surface area (Å²) in [6.45, 7) is 10.3. The van der Waals surface area contributed by atoms with Gasteiger partial charge in [-0.2, -0.15) is 0 Å². The van der Waals surface area contributed by atoms with Gasteiger partial charge in [0.25, 0.3) is 0 Å². The molecule has 0 unspecified atom stereocenters. The maximum absolute atomic E-state index is 12.5. The van der Waals surface area contributed by atoms with E-state index in [0.717, 1.165) is 38.8 Å². The van der Waals surface area contributed by atoms with E-state index in [9.17, 15) is 4.79 Å². The molecule has 15 heavy (non-hydrogen) atoms. The quantitative estimate of drug-likeness (QED) is 0.777. The number of hydrogen-bond donors (Lipinski definition) is 1. The van der Waals surface area contributed by atoms with Crippen LogP contribution in [0.3, 0.4) is 0 Å². The van der Waals surface area contributed by atoms with Gasteiger partial charge in [-0.3, -0.25) is 4.79 Å². The van der Waals surface area contributed by atoms with Crippen LogP contribution >= 0.6 is 0 Å². The highest BCUT2D eigenvalue weighted by Gasteiger charge is 2.43. The van der Waals surface area contributed by atoms with Crippen molar-refractivity contribution in [1.29, 1.82) is 0 Å². The van der Waals surface area contributed by atoms with Crippen molar-refractivity contribution in [3.8, 4) is 0 Å². The summed E-state index contributed by atoms with van der Waals surface area (Å²) in [5, 5.41) is 3.35. The molecule has 0 bridgehead atoms. The Balaban J connectivity index is 2.84. The van der Waals surface area contributed by atoms with Gasteiger partial charge in [-0.1, -0.05) is 34.1 Å². The standard InChI is InChI=1S/C13H25NO/c1-5-6-13(7-9-14-10-8-13)11(15)12(2,3)4/h14H,5-10H2,1-4H3. The van der Waals surface area contributed by atoms with Gasteiger partial charge >= 0.3 is 0 Å². The molecule has 0 amide bonds. The number of carbonyl (C=O) groups is 1. The molecule has 0 atom stereocenters. The molecular weight excluding hydrogens is 186 g/mol. The van der Waals surface area contributed by atoms with Crippen molar-refractivity contribution in [3.63, 3.8) is 0 Å². The van der Waals surface area contributed by atoms with E-state index in [-0.39, 0.29) is 10.8 Å². The Hall–Kier alpha value is -0.370. The topological polar surface area (TPSA) is 29.1 Å². The number of Topliss-reactive ketones (excluding diaryl/α,β-unsaturated/α-hetero) is 1. The van der Waals surface area contributed by atoms with Gasteiger partial charge in [0.05, 0.1) is 0 Å². The van der Waals surface area contributed by atoms with E-state index < -0.39 is 0 Å².